The van der Waals surface area contributed by atoms with Crippen molar-refractivity contribution in [3.63, 3.8) is 0 Å². The summed E-state index contributed by atoms with van der Waals surface area (Å²) in [5.41, 5.74) is 0.990. The summed E-state index contributed by atoms with van der Waals surface area (Å²) in [5, 5.41) is 33.5. The molecule has 10 heteroatoms. The van der Waals surface area contributed by atoms with E-state index in [4.69, 9.17) is 9.84 Å². The van der Waals surface area contributed by atoms with Crippen LogP contribution in [0.25, 0.3) is 0 Å². The van der Waals surface area contributed by atoms with Crippen molar-refractivity contribution in [2.24, 2.45) is 0 Å². The number of carbonyl (C=O) groups excluding carboxylic acids is 2. The van der Waals surface area contributed by atoms with Gasteiger partial charge in [-0.25, -0.2) is 0 Å². The van der Waals surface area contributed by atoms with Gasteiger partial charge in [0.05, 0.1) is 6.10 Å². The van der Waals surface area contributed by atoms with Crippen molar-refractivity contribution in [3.8, 4) is 0 Å². The Morgan fingerprint density at radius 2 is 1.73 bits per heavy atom. The van der Waals surface area contributed by atoms with E-state index in [1.165, 1.54) is 35.0 Å². The number of carboxylic acids is 1. The van der Waals surface area contributed by atoms with Crippen LogP contribution in [0.2, 0.25) is 0 Å². The Balaban J connectivity index is 1.66. The Labute approximate surface area is 171 Å². The lowest BCUT2D eigenvalue weighted by molar-refractivity contribution is -0.765. The van der Waals surface area contributed by atoms with Crippen LogP contribution < -0.4 is 15.2 Å². The number of hydrogen-bond donors (Lipinski definition) is 5. The van der Waals surface area contributed by atoms with Crippen LogP contribution in [0.3, 0.4) is 0 Å². The third-order valence-corrected chi connectivity index (χ3v) is 4.66. The average molecular weight is 416 g/mol. The molecule has 2 aromatic rings. The first kappa shape index (κ1) is 21.4. The van der Waals surface area contributed by atoms with Crippen LogP contribution in [-0.2, 0) is 9.53 Å². The summed E-state index contributed by atoms with van der Waals surface area (Å²) in [5.74, 6) is -2.11. The van der Waals surface area contributed by atoms with Crippen molar-refractivity contribution >= 4 is 23.5 Å². The average Bonchev–Trinajstić information content (AvgIpc) is 3.00. The predicted octanol–water partition coefficient (Wildman–Crippen LogP) is -0.320. The number of aromatic nitrogens is 1. The number of aliphatic carboxylic acids is 1. The van der Waals surface area contributed by atoms with Crippen LogP contribution in [-0.4, -0.2) is 58.0 Å². The predicted molar refractivity (Wildman–Crippen MR) is 103 cm³/mol. The number of aliphatic hydroxyl groups excluding tert-OH is 2. The number of pyridine rings is 1. The second-order valence-corrected chi connectivity index (χ2v) is 6.86. The molecule has 2 heterocycles. The van der Waals surface area contributed by atoms with Gasteiger partial charge in [0.1, 0.15) is 18.2 Å². The zero-order valence-electron chi connectivity index (χ0n) is 16.1. The second kappa shape index (κ2) is 8.99. The minimum absolute atomic E-state index is 0.256. The molecule has 0 aliphatic carbocycles. The van der Waals surface area contributed by atoms with E-state index in [0.29, 0.717) is 11.3 Å². The van der Waals surface area contributed by atoms with Crippen LogP contribution in [0.1, 0.15) is 33.9 Å². The number of nitrogens with one attached hydrogen (secondary N) is 2. The molecule has 1 aliphatic heterocycles. The zero-order valence-corrected chi connectivity index (χ0v) is 16.1. The molecule has 4 atom stereocenters. The van der Waals surface area contributed by atoms with E-state index >= 15 is 0 Å². The number of anilines is 1. The molecule has 30 heavy (non-hydrogen) atoms. The molecule has 2 unspecified atom stereocenters. The Kier molecular flexibility index (Phi) is 6.40. The summed E-state index contributed by atoms with van der Waals surface area (Å²) in [6.45, 7) is 1.16. The van der Waals surface area contributed by atoms with Gasteiger partial charge >= 0.3 is 5.97 Å². The summed E-state index contributed by atoms with van der Waals surface area (Å²) >= 11 is 0. The standard InChI is InChI=1S/C20H21N3O7/c1-11-16(26)17(27)20(30-11)23-8-2-3-13(10-23)19(29)22-14-6-4-12(5-7-14)18(28)21-9-15(24)25/h2-8,10-11,16-17,20,26-27H,9H2,1H3,(H2-,21,22,24,25,28,29)/p+1/t11?,16-,17-,20?/m1/s1. The molecule has 10 nitrogen and oxygen atoms in total. The van der Waals surface area contributed by atoms with Gasteiger partial charge in [0, 0.05) is 17.3 Å². The van der Waals surface area contributed by atoms with E-state index in [-0.39, 0.29) is 5.56 Å². The topological polar surface area (TPSA) is 149 Å². The number of carbonyl (C=O) groups is 3. The van der Waals surface area contributed by atoms with Gasteiger partial charge in [0.2, 0.25) is 0 Å². The highest BCUT2D eigenvalue weighted by Crippen LogP contribution is 2.25. The molecule has 1 aliphatic rings. The van der Waals surface area contributed by atoms with E-state index in [1.807, 2.05) is 0 Å². The molecule has 2 amide bonds. The number of ether oxygens (including phenoxy) is 1. The largest absolute Gasteiger partial charge is 0.480 e. The van der Waals surface area contributed by atoms with Crippen molar-refractivity contribution in [1.29, 1.82) is 0 Å². The number of aliphatic hydroxyl groups is 2. The van der Waals surface area contributed by atoms with Crippen molar-refractivity contribution in [1.82, 2.24) is 5.32 Å². The number of amides is 2. The van der Waals surface area contributed by atoms with Gasteiger partial charge in [-0.15, -0.1) is 0 Å². The van der Waals surface area contributed by atoms with Gasteiger partial charge in [-0.2, -0.15) is 4.57 Å². The molecule has 0 saturated carbocycles. The zero-order chi connectivity index (χ0) is 21.8. The number of nitrogens with zero attached hydrogens (tertiary/aromatic N) is 1. The van der Waals surface area contributed by atoms with Crippen molar-refractivity contribution < 1.29 is 39.0 Å². The smallest absolute Gasteiger partial charge is 0.322 e. The van der Waals surface area contributed by atoms with E-state index in [1.54, 1.807) is 25.3 Å². The lowest BCUT2D eigenvalue weighted by atomic mass is 10.1. The Hall–Kier alpha value is -3.34. The van der Waals surface area contributed by atoms with E-state index in [9.17, 15) is 24.6 Å². The minimum Gasteiger partial charge on any atom is -0.480 e. The SMILES string of the molecule is CC1OC([n+]2cccc(C(=O)Nc3ccc(C(=O)NCC(=O)O)cc3)c2)[C@H](O)[C@@H]1O. The Morgan fingerprint density at radius 3 is 2.33 bits per heavy atom. The maximum Gasteiger partial charge on any atom is 0.322 e. The maximum absolute atomic E-state index is 12.6. The molecule has 3 rings (SSSR count). The fourth-order valence-electron chi connectivity index (χ4n) is 3.03. The molecule has 1 fully saturated rings. The van der Waals surface area contributed by atoms with E-state index < -0.39 is 48.9 Å². The highest BCUT2D eigenvalue weighted by atomic mass is 16.6. The van der Waals surface area contributed by atoms with Gasteiger partial charge in [0.25, 0.3) is 18.0 Å². The molecule has 158 valence electrons. The van der Waals surface area contributed by atoms with Crippen LogP contribution in [0.5, 0.6) is 0 Å². The fraction of sp³-hybridized carbons (Fsp3) is 0.300. The van der Waals surface area contributed by atoms with Gasteiger partial charge < -0.3 is 30.7 Å². The summed E-state index contributed by atoms with van der Waals surface area (Å²) < 4.78 is 7.07. The number of hydrogen-bond acceptors (Lipinski definition) is 6. The van der Waals surface area contributed by atoms with E-state index in [0.717, 1.165) is 0 Å². The first-order chi connectivity index (χ1) is 14.3. The summed E-state index contributed by atoms with van der Waals surface area (Å²) in [6, 6.07) is 9.17. The van der Waals surface area contributed by atoms with Gasteiger partial charge in [0.15, 0.2) is 18.5 Å². The molecule has 1 aromatic carbocycles. The molecular formula is C20H22N3O7+. The summed E-state index contributed by atoms with van der Waals surface area (Å²) in [4.78, 5) is 34.9. The molecule has 1 saturated heterocycles. The highest BCUT2D eigenvalue weighted by Gasteiger charge is 2.46. The number of rotatable bonds is 6. The van der Waals surface area contributed by atoms with Gasteiger partial charge in [-0.3, -0.25) is 14.4 Å². The second-order valence-electron chi connectivity index (χ2n) is 6.86. The Morgan fingerprint density at radius 1 is 1.03 bits per heavy atom. The van der Waals surface area contributed by atoms with Crippen LogP contribution in [0.15, 0.2) is 48.8 Å². The molecule has 5 N–H and O–H groups in total. The molecule has 1 aromatic heterocycles. The molecular weight excluding hydrogens is 394 g/mol. The van der Waals surface area contributed by atoms with Crippen molar-refractivity contribution in [2.75, 3.05) is 11.9 Å². The number of benzene rings is 1. The maximum atomic E-state index is 12.6. The number of carboxylic acid groups (broad SMARTS) is 1. The minimum atomic E-state index is -1.15. The van der Waals surface area contributed by atoms with Crippen LogP contribution in [0, 0.1) is 0 Å². The Bertz CT molecular complexity index is 948. The van der Waals surface area contributed by atoms with Crippen molar-refractivity contribution in [2.45, 2.75) is 31.5 Å². The van der Waals surface area contributed by atoms with Crippen LogP contribution in [0.4, 0.5) is 5.69 Å². The molecule has 0 radical (unpaired) electrons. The molecule has 0 spiro atoms. The van der Waals surface area contributed by atoms with Gasteiger partial charge in [-0.1, -0.05) is 0 Å². The normalized spacial score (nSPS) is 23.0. The first-order valence-corrected chi connectivity index (χ1v) is 9.20. The lowest BCUT2D eigenvalue weighted by Crippen LogP contribution is -2.46. The first-order valence-electron chi connectivity index (χ1n) is 9.20. The monoisotopic (exact) mass is 416 g/mol. The molecule has 0 bridgehead atoms. The summed E-state index contributed by atoms with van der Waals surface area (Å²) in [6.07, 6.45) is -0.372. The lowest BCUT2D eigenvalue weighted by Gasteiger charge is -2.11. The third-order valence-electron chi connectivity index (χ3n) is 4.66. The summed E-state index contributed by atoms with van der Waals surface area (Å²) in [7, 11) is 0. The third kappa shape index (κ3) is 4.79. The highest BCUT2D eigenvalue weighted by molar-refractivity contribution is 6.04. The fourth-order valence-corrected chi connectivity index (χ4v) is 3.03. The van der Waals surface area contributed by atoms with Gasteiger partial charge in [-0.05, 0) is 37.3 Å². The van der Waals surface area contributed by atoms with Crippen LogP contribution >= 0.6 is 0 Å². The quantitative estimate of drug-likeness (QED) is 0.405. The van der Waals surface area contributed by atoms with Crippen molar-refractivity contribution in [3.05, 3.63) is 59.9 Å². The van der Waals surface area contributed by atoms with E-state index in [2.05, 4.69) is 10.6 Å².